The highest BCUT2D eigenvalue weighted by atomic mass is 16.5. The lowest BCUT2D eigenvalue weighted by Crippen LogP contribution is -1.95. The Morgan fingerprint density at radius 2 is 2.27 bits per heavy atom. The van der Waals surface area contributed by atoms with Crippen LogP contribution in [0, 0.1) is 6.92 Å². The molecule has 0 fully saturated rings. The first-order chi connectivity index (χ1) is 7.20. The van der Waals surface area contributed by atoms with Crippen LogP contribution in [0.3, 0.4) is 0 Å². The first-order valence-electron chi connectivity index (χ1n) is 4.53. The van der Waals surface area contributed by atoms with Crippen LogP contribution in [0.25, 0.3) is 11.4 Å². The van der Waals surface area contributed by atoms with Gasteiger partial charge in [-0.05, 0) is 30.7 Å². The molecule has 0 saturated carbocycles. The van der Waals surface area contributed by atoms with Crippen molar-refractivity contribution in [3.8, 4) is 17.1 Å². The highest BCUT2D eigenvalue weighted by Gasteiger charge is 2.09. The number of aromatic nitrogens is 2. The topological polar surface area (TPSA) is 85.2 Å². The number of benzene rings is 1. The number of nitrogens with two attached hydrogens (primary N) is 1. The van der Waals surface area contributed by atoms with E-state index in [0.29, 0.717) is 11.7 Å². The van der Waals surface area contributed by atoms with E-state index in [9.17, 15) is 5.11 Å². The predicted molar refractivity (Wildman–Crippen MR) is 54.0 cm³/mol. The van der Waals surface area contributed by atoms with E-state index in [4.69, 9.17) is 10.3 Å². The van der Waals surface area contributed by atoms with E-state index in [0.717, 1.165) is 11.1 Å². The Kier molecular flexibility index (Phi) is 2.39. The Morgan fingerprint density at radius 3 is 2.87 bits per heavy atom. The quantitative estimate of drug-likeness (QED) is 0.769. The molecular formula is C10H11N3O2. The van der Waals surface area contributed by atoms with Crippen molar-refractivity contribution in [1.29, 1.82) is 0 Å². The van der Waals surface area contributed by atoms with Crippen molar-refractivity contribution < 1.29 is 9.63 Å². The van der Waals surface area contributed by atoms with Crippen molar-refractivity contribution in [2.75, 3.05) is 0 Å². The van der Waals surface area contributed by atoms with Crippen LogP contribution < -0.4 is 5.73 Å². The van der Waals surface area contributed by atoms with E-state index in [2.05, 4.69) is 10.1 Å². The minimum Gasteiger partial charge on any atom is -0.508 e. The van der Waals surface area contributed by atoms with Crippen LogP contribution in [0.5, 0.6) is 5.75 Å². The first kappa shape index (κ1) is 9.67. The summed E-state index contributed by atoms with van der Waals surface area (Å²) in [4.78, 5) is 4.11. The van der Waals surface area contributed by atoms with E-state index >= 15 is 0 Å². The SMILES string of the molecule is Cc1cc(O)ccc1-c1noc(CN)n1. The molecule has 0 saturated heterocycles. The fraction of sp³-hybridized carbons (Fsp3) is 0.200. The van der Waals surface area contributed by atoms with Gasteiger partial charge in [-0.2, -0.15) is 4.98 Å². The highest BCUT2D eigenvalue weighted by molar-refractivity contribution is 5.60. The predicted octanol–water partition coefficient (Wildman–Crippen LogP) is 1.21. The molecule has 5 heteroatoms. The molecule has 0 aliphatic rings. The summed E-state index contributed by atoms with van der Waals surface area (Å²) in [5.41, 5.74) is 7.09. The van der Waals surface area contributed by atoms with E-state index < -0.39 is 0 Å². The summed E-state index contributed by atoms with van der Waals surface area (Å²) < 4.78 is 4.90. The zero-order chi connectivity index (χ0) is 10.8. The van der Waals surface area contributed by atoms with Gasteiger partial charge in [0.15, 0.2) is 0 Å². The van der Waals surface area contributed by atoms with Crippen molar-refractivity contribution in [3.63, 3.8) is 0 Å². The van der Waals surface area contributed by atoms with Crippen LogP contribution in [0.4, 0.5) is 0 Å². The molecule has 0 amide bonds. The fourth-order valence-electron chi connectivity index (χ4n) is 1.35. The molecule has 5 nitrogen and oxygen atoms in total. The number of phenolic OH excluding ortho intramolecular Hbond substituents is 1. The molecule has 15 heavy (non-hydrogen) atoms. The molecule has 2 aromatic rings. The minimum absolute atomic E-state index is 0.221. The monoisotopic (exact) mass is 205 g/mol. The molecule has 2 rings (SSSR count). The lowest BCUT2D eigenvalue weighted by atomic mass is 10.1. The third-order valence-corrected chi connectivity index (χ3v) is 2.09. The van der Waals surface area contributed by atoms with E-state index in [1.54, 1.807) is 18.2 Å². The average molecular weight is 205 g/mol. The minimum atomic E-state index is 0.221. The van der Waals surface area contributed by atoms with Gasteiger partial charge in [0.05, 0.1) is 6.54 Å². The third-order valence-electron chi connectivity index (χ3n) is 2.09. The molecule has 0 aliphatic heterocycles. The van der Waals surface area contributed by atoms with Gasteiger partial charge in [-0.3, -0.25) is 0 Å². The molecule has 1 heterocycles. The molecule has 0 spiro atoms. The number of rotatable bonds is 2. The fourth-order valence-corrected chi connectivity index (χ4v) is 1.35. The van der Waals surface area contributed by atoms with Gasteiger partial charge in [-0.15, -0.1) is 0 Å². The van der Waals surface area contributed by atoms with Crippen LogP contribution in [0.15, 0.2) is 22.7 Å². The number of aryl methyl sites for hydroxylation is 1. The van der Waals surface area contributed by atoms with Gasteiger partial charge in [0.25, 0.3) is 0 Å². The van der Waals surface area contributed by atoms with Crippen LogP contribution in [-0.2, 0) is 6.54 Å². The van der Waals surface area contributed by atoms with Crippen molar-refractivity contribution >= 4 is 0 Å². The maximum Gasteiger partial charge on any atom is 0.240 e. The van der Waals surface area contributed by atoms with Gasteiger partial charge in [-0.1, -0.05) is 5.16 Å². The standard InChI is InChI=1S/C10H11N3O2/c1-6-4-7(14)2-3-8(6)10-12-9(5-11)15-13-10/h2-4,14H,5,11H2,1H3. The highest BCUT2D eigenvalue weighted by Crippen LogP contribution is 2.23. The number of hydrogen-bond acceptors (Lipinski definition) is 5. The zero-order valence-corrected chi connectivity index (χ0v) is 8.27. The molecular weight excluding hydrogens is 194 g/mol. The zero-order valence-electron chi connectivity index (χ0n) is 8.27. The van der Waals surface area contributed by atoms with E-state index in [-0.39, 0.29) is 12.3 Å². The summed E-state index contributed by atoms with van der Waals surface area (Å²) in [5.74, 6) is 1.12. The first-order valence-corrected chi connectivity index (χ1v) is 4.53. The Labute approximate surface area is 86.5 Å². The van der Waals surface area contributed by atoms with Gasteiger partial charge < -0.3 is 15.4 Å². The summed E-state index contributed by atoms with van der Waals surface area (Å²) in [6.07, 6.45) is 0. The maximum atomic E-state index is 9.25. The summed E-state index contributed by atoms with van der Waals surface area (Å²) in [7, 11) is 0. The van der Waals surface area contributed by atoms with Gasteiger partial charge in [0.2, 0.25) is 11.7 Å². The maximum absolute atomic E-state index is 9.25. The lowest BCUT2D eigenvalue weighted by Gasteiger charge is -2.00. The second-order valence-corrected chi connectivity index (χ2v) is 3.22. The summed E-state index contributed by atoms with van der Waals surface area (Å²) >= 11 is 0. The van der Waals surface area contributed by atoms with Crippen molar-refractivity contribution in [3.05, 3.63) is 29.7 Å². The Bertz CT molecular complexity index is 479. The second-order valence-electron chi connectivity index (χ2n) is 3.22. The smallest absolute Gasteiger partial charge is 0.240 e. The van der Waals surface area contributed by atoms with Crippen LogP contribution in [-0.4, -0.2) is 15.2 Å². The van der Waals surface area contributed by atoms with Crippen LogP contribution in [0.2, 0.25) is 0 Å². The molecule has 78 valence electrons. The summed E-state index contributed by atoms with van der Waals surface area (Å²) in [5, 5.41) is 13.1. The second kappa shape index (κ2) is 3.70. The molecule has 1 aromatic heterocycles. The molecule has 0 radical (unpaired) electrons. The molecule has 0 atom stereocenters. The van der Waals surface area contributed by atoms with E-state index in [1.807, 2.05) is 6.92 Å². The van der Waals surface area contributed by atoms with Crippen LogP contribution >= 0.6 is 0 Å². The summed E-state index contributed by atoms with van der Waals surface area (Å²) in [6.45, 7) is 2.09. The van der Waals surface area contributed by atoms with Crippen molar-refractivity contribution in [1.82, 2.24) is 10.1 Å². The van der Waals surface area contributed by atoms with E-state index in [1.165, 1.54) is 0 Å². The third kappa shape index (κ3) is 1.82. The van der Waals surface area contributed by atoms with Crippen LogP contribution in [0.1, 0.15) is 11.5 Å². The molecule has 0 unspecified atom stereocenters. The Balaban J connectivity index is 2.44. The van der Waals surface area contributed by atoms with Gasteiger partial charge in [0.1, 0.15) is 5.75 Å². The molecule has 3 N–H and O–H groups in total. The molecule has 1 aromatic carbocycles. The van der Waals surface area contributed by atoms with Gasteiger partial charge in [0, 0.05) is 5.56 Å². The number of phenols is 1. The average Bonchev–Trinajstić information content (AvgIpc) is 2.66. The van der Waals surface area contributed by atoms with Gasteiger partial charge >= 0.3 is 0 Å². The van der Waals surface area contributed by atoms with Crippen molar-refractivity contribution in [2.45, 2.75) is 13.5 Å². The number of aromatic hydroxyl groups is 1. The lowest BCUT2D eigenvalue weighted by molar-refractivity contribution is 0.380. The normalized spacial score (nSPS) is 10.5. The van der Waals surface area contributed by atoms with Gasteiger partial charge in [-0.25, -0.2) is 0 Å². The Hall–Kier alpha value is -1.88. The Morgan fingerprint density at radius 1 is 1.47 bits per heavy atom. The number of hydrogen-bond donors (Lipinski definition) is 2. The van der Waals surface area contributed by atoms with Crippen molar-refractivity contribution in [2.24, 2.45) is 5.73 Å². The summed E-state index contributed by atoms with van der Waals surface area (Å²) in [6, 6.07) is 4.98. The number of nitrogens with zero attached hydrogens (tertiary/aromatic N) is 2. The molecule has 0 bridgehead atoms. The molecule has 0 aliphatic carbocycles. The largest absolute Gasteiger partial charge is 0.508 e.